The van der Waals surface area contributed by atoms with Crippen molar-refractivity contribution < 1.29 is 18.7 Å². The fourth-order valence-corrected chi connectivity index (χ4v) is 2.10. The number of halogens is 1. The molecule has 2 rings (SSSR count). The summed E-state index contributed by atoms with van der Waals surface area (Å²) in [6, 6.07) is 13.0. The first-order valence-electron chi connectivity index (χ1n) is 6.84. The smallest absolute Gasteiger partial charge is 0.251 e. The summed E-state index contributed by atoms with van der Waals surface area (Å²) in [4.78, 5) is 12.1. The zero-order valence-corrected chi connectivity index (χ0v) is 12.5. The number of amides is 1. The van der Waals surface area contributed by atoms with E-state index in [0.29, 0.717) is 16.9 Å². The summed E-state index contributed by atoms with van der Waals surface area (Å²) in [5.41, 5.74) is 1.17. The van der Waals surface area contributed by atoms with Gasteiger partial charge in [-0.2, -0.15) is 0 Å². The van der Waals surface area contributed by atoms with Crippen LogP contribution < -0.4 is 10.1 Å². The van der Waals surface area contributed by atoms with Gasteiger partial charge in [0.15, 0.2) is 0 Å². The molecule has 0 heterocycles. The van der Waals surface area contributed by atoms with Gasteiger partial charge in [0.2, 0.25) is 0 Å². The lowest BCUT2D eigenvalue weighted by Crippen LogP contribution is -2.29. The highest BCUT2D eigenvalue weighted by molar-refractivity contribution is 5.94. The molecule has 0 aliphatic rings. The van der Waals surface area contributed by atoms with Gasteiger partial charge in [0, 0.05) is 19.2 Å². The van der Waals surface area contributed by atoms with Crippen molar-refractivity contribution >= 4 is 5.91 Å². The third-order valence-electron chi connectivity index (χ3n) is 3.28. The van der Waals surface area contributed by atoms with Crippen LogP contribution in [0.25, 0.3) is 0 Å². The molecular formula is C17H18FNO3. The van der Waals surface area contributed by atoms with E-state index in [9.17, 15) is 9.18 Å². The van der Waals surface area contributed by atoms with Crippen molar-refractivity contribution in [2.24, 2.45) is 0 Å². The second-order valence-corrected chi connectivity index (χ2v) is 4.72. The number of hydrogen-bond acceptors (Lipinski definition) is 3. The van der Waals surface area contributed by atoms with Crippen LogP contribution in [0.2, 0.25) is 0 Å². The van der Waals surface area contributed by atoms with E-state index in [1.807, 2.05) is 0 Å². The maximum atomic E-state index is 13.3. The number of nitrogens with one attached hydrogen (secondary N) is 1. The predicted octanol–water partition coefficient (Wildman–Crippen LogP) is 2.95. The monoisotopic (exact) mass is 303 g/mol. The zero-order chi connectivity index (χ0) is 15.9. The average molecular weight is 303 g/mol. The van der Waals surface area contributed by atoms with Gasteiger partial charge in [-0.1, -0.05) is 18.2 Å². The van der Waals surface area contributed by atoms with E-state index in [4.69, 9.17) is 9.47 Å². The van der Waals surface area contributed by atoms with Gasteiger partial charge < -0.3 is 14.8 Å². The normalized spacial score (nSPS) is 11.8. The minimum atomic E-state index is -0.412. The van der Waals surface area contributed by atoms with Crippen molar-refractivity contribution in [1.29, 1.82) is 0 Å². The summed E-state index contributed by atoms with van der Waals surface area (Å²) in [7, 11) is 3.06. The third kappa shape index (κ3) is 4.05. The Morgan fingerprint density at radius 3 is 2.64 bits per heavy atom. The number of methoxy groups -OCH3 is 2. The molecule has 0 fully saturated rings. The molecule has 22 heavy (non-hydrogen) atoms. The molecule has 1 N–H and O–H groups in total. The second kappa shape index (κ2) is 7.56. The van der Waals surface area contributed by atoms with Gasteiger partial charge in [-0.05, 0) is 35.9 Å². The van der Waals surface area contributed by atoms with Crippen LogP contribution in [0.3, 0.4) is 0 Å². The molecule has 2 aromatic rings. The Bertz CT molecular complexity index is 645. The first kappa shape index (κ1) is 16.0. The first-order valence-corrected chi connectivity index (χ1v) is 6.84. The summed E-state index contributed by atoms with van der Waals surface area (Å²) in [6.07, 6.45) is -0.412. The SMILES string of the molecule is COc1cccc(C(=O)NCC(OC)c2cccc(F)c2)c1. The van der Waals surface area contributed by atoms with E-state index < -0.39 is 6.10 Å². The molecule has 116 valence electrons. The molecular weight excluding hydrogens is 285 g/mol. The van der Waals surface area contributed by atoms with Gasteiger partial charge in [-0.15, -0.1) is 0 Å². The van der Waals surface area contributed by atoms with Crippen molar-refractivity contribution in [3.05, 3.63) is 65.5 Å². The molecule has 0 spiro atoms. The maximum Gasteiger partial charge on any atom is 0.251 e. The van der Waals surface area contributed by atoms with Crippen molar-refractivity contribution in [3.8, 4) is 5.75 Å². The molecule has 2 aromatic carbocycles. The average Bonchev–Trinajstić information content (AvgIpc) is 2.55. The fourth-order valence-electron chi connectivity index (χ4n) is 2.10. The molecule has 0 aliphatic heterocycles. The minimum absolute atomic E-state index is 0.239. The Balaban J connectivity index is 2.02. The minimum Gasteiger partial charge on any atom is -0.497 e. The van der Waals surface area contributed by atoms with Crippen molar-refractivity contribution in [3.63, 3.8) is 0 Å². The molecule has 5 heteroatoms. The molecule has 0 aromatic heterocycles. The van der Waals surface area contributed by atoms with Crippen LogP contribution in [0.4, 0.5) is 4.39 Å². The van der Waals surface area contributed by atoms with Crippen LogP contribution in [0.15, 0.2) is 48.5 Å². The van der Waals surface area contributed by atoms with Gasteiger partial charge in [0.25, 0.3) is 5.91 Å². The predicted molar refractivity (Wildman–Crippen MR) is 81.5 cm³/mol. The zero-order valence-electron chi connectivity index (χ0n) is 12.5. The quantitative estimate of drug-likeness (QED) is 0.892. The van der Waals surface area contributed by atoms with Crippen LogP contribution in [0.5, 0.6) is 5.75 Å². The Labute approximate surface area is 128 Å². The Hall–Kier alpha value is -2.40. The Morgan fingerprint density at radius 2 is 1.95 bits per heavy atom. The molecule has 0 bridgehead atoms. The van der Waals surface area contributed by atoms with Crippen LogP contribution in [-0.4, -0.2) is 26.7 Å². The molecule has 0 aliphatic carbocycles. The summed E-state index contributed by atoms with van der Waals surface area (Å²) in [5.74, 6) is 0.0390. The summed E-state index contributed by atoms with van der Waals surface area (Å²) in [5, 5.41) is 2.78. The van der Waals surface area contributed by atoms with E-state index in [2.05, 4.69) is 5.32 Å². The molecule has 1 unspecified atom stereocenters. The van der Waals surface area contributed by atoms with Gasteiger partial charge in [-0.3, -0.25) is 4.79 Å². The highest BCUT2D eigenvalue weighted by atomic mass is 19.1. The number of benzene rings is 2. The van der Waals surface area contributed by atoms with Crippen LogP contribution in [-0.2, 0) is 4.74 Å². The van der Waals surface area contributed by atoms with Crippen LogP contribution >= 0.6 is 0 Å². The van der Waals surface area contributed by atoms with E-state index in [1.165, 1.54) is 19.2 Å². The Morgan fingerprint density at radius 1 is 1.18 bits per heavy atom. The van der Waals surface area contributed by atoms with E-state index in [0.717, 1.165) is 0 Å². The fraction of sp³-hybridized carbons (Fsp3) is 0.235. The number of carbonyl (C=O) groups is 1. The summed E-state index contributed by atoms with van der Waals surface area (Å²) >= 11 is 0. The molecule has 0 saturated heterocycles. The standard InChI is InChI=1S/C17H18FNO3/c1-21-15-8-4-6-13(10-15)17(20)19-11-16(22-2)12-5-3-7-14(18)9-12/h3-10,16H,11H2,1-2H3,(H,19,20). The van der Waals surface area contributed by atoms with Gasteiger partial charge in [0.1, 0.15) is 11.6 Å². The lowest BCUT2D eigenvalue weighted by molar-refractivity contribution is 0.0827. The third-order valence-corrected chi connectivity index (χ3v) is 3.28. The van der Waals surface area contributed by atoms with E-state index >= 15 is 0 Å². The van der Waals surface area contributed by atoms with E-state index in [-0.39, 0.29) is 18.3 Å². The van der Waals surface area contributed by atoms with Crippen LogP contribution in [0, 0.1) is 5.82 Å². The Kier molecular flexibility index (Phi) is 5.49. The lowest BCUT2D eigenvalue weighted by atomic mass is 10.1. The van der Waals surface area contributed by atoms with E-state index in [1.54, 1.807) is 43.5 Å². The second-order valence-electron chi connectivity index (χ2n) is 4.72. The highest BCUT2D eigenvalue weighted by Gasteiger charge is 2.14. The van der Waals surface area contributed by atoms with Gasteiger partial charge in [0.05, 0.1) is 13.2 Å². The molecule has 1 atom stereocenters. The van der Waals surface area contributed by atoms with Gasteiger partial charge in [-0.25, -0.2) is 4.39 Å². The molecule has 0 radical (unpaired) electrons. The number of rotatable bonds is 6. The summed E-state index contributed by atoms with van der Waals surface area (Å²) < 4.78 is 23.7. The van der Waals surface area contributed by atoms with Crippen LogP contribution in [0.1, 0.15) is 22.0 Å². The topological polar surface area (TPSA) is 47.6 Å². The largest absolute Gasteiger partial charge is 0.497 e. The first-order chi connectivity index (χ1) is 10.6. The van der Waals surface area contributed by atoms with Crippen molar-refractivity contribution in [1.82, 2.24) is 5.32 Å². The molecule has 4 nitrogen and oxygen atoms in total. The molecule has 1 amide bonds. The highest BCUT2D eigenvalue weighted by Crippen LogP contribution is 2.17. The number of ether oxygens (including phenoxy) is 2. The molecule has 0 saturated carbocycles. The summed E-state index contributed by atoms with van der Waals surface area (Å²) in [6.45, 7) is 0.246. The van der Waals surface area contributed by atoms with Crippen molar-refractivity contribution in [2.75, 3.05) is 20.8 Å². The number of hydrogen-bond donors (Lipinski definition) is 1. The number of carbonyl (C=O) groups excluding carboxylic acids is 1. The van der Waals surface area contributed by atoms with Crippen molar-refractivity contribution in [2.45, 2.75) is 6.10 Å². The maximum absolute atomic E-state index is 13.3. The lowest BCUT2D eigenvalue weighted by Gasteiger charge is -2.16. The van der Waals surface area contributed by atoms with Gasteiger partial charge >= 0.3 is 0 Å².